The maximum absolute atomic E-state index is 13.7. The monoisotopic (exact) mass is 527 g/mol. The standard InChI is InChI=1S/C27H30ClN3O4S/c1-19-13-20(2)15-24(14-19)31(36(34,35)25-11-6-5-7-12-25)18-26(32)30(21(3)27(33)29-4)17-22-9-8-10-23(28)16-22/h5-16,21H,17-18H2,1-4H3,(H,29,33)/t21-/m1/s1. The highest BCUT2D eigenvalue weighted by Gasteiger charge is 2.32. The smallest absolute Gasteiger partial charge is 0.264 e. The highest BCUT2D eigenvalue weighted by atomic mass is 35.5. The minimum absolute atomic E-state index is 0.0673. The molecular weight excluding hydrogens is 498 g/mol. The van der Waals surface area contributed by atoms with Gasteiger partial charge in [-0.1, -0.05) is 48.0 Å². The molecule has 0 bridgehead atoms. The molecule has 3 aromatic rings. The number of carbonyl (C=O) groups excluding carboxylic acids is 2. The van der Waals surface area contributed by atoms with Gasteiger partial charge in [-0.2, -0.15) is 0 Å². The van der Waals surface area contributed by atoms with Gasteiger partial charge in [0.15, 0.2) is 0 Å². The van der Waals surface area contributed by atoms with E-state index in [0.29, 0.717) is 10.7 Å². The summed E-state index contributed by atoms with van der Waals surface area (Å²) in [4.78, 5) is 27.7. The Hall–Kier alpha value is -3.36. The predicted molar refractivity (Wildman–Crippen MR) is 142 cm³/mol. The Morgan fingerprint density at radius 2 is 1.58 bits per heavy atom. The molecule has 0 radical (unpaired) electrons. The number of rotatable bonds is 9. The van der Waals surface area contributed by atoms with Gasteiger partial charge in [-0.25, -0.2) is 8.42 Å². The minimum Gasteiger partial charge on any atom is -0.357 e. The zero-order chi connectivity index (χ0) is 26.5. The van der Waals surface area contributed by atoms with Crippen LogP contribution in [0.1, 0.15) is 23.6 Å². The Labute approximate surface area is 217 Å². The zero-order valence-electron chi connectivity index (χ0n) is 20.7. The van der Waals surface area contributed by atoms with Crippen LogP contribution in [0.2, 0.25) is 5.02 Å². The van der Waals surface area contributed by atoms with Crippen LogP contribution in [0.15, 0.2) is 77.7 Å². The molecule has 0 saturated heterocycles. The fourth-order valence-electron chi connectivity index (χ4n) is 3.97. The van der Waals surface area contributed by atoms with Crippen LogP contribution in [0.5, 0.6) is 0 Å². The summed E-state index contributed by atoms with van der Waals surface area (Å²) in [6, 6.07) is 19.5. The van der Waals surface area contributed by atoms with E-state index in [4.69, 9.17) is 11.6 Å². The first-order valence-corrected chi connectivity index (χ1v) is 13.3. The first kappa shape index (κ1) is 27.2. The third-order valence-corrected chi connectivity index (χ3v) is 7.78. The van der Waals surface area contributed by atoms with Gasteiger partial charge in [-0.05, 0) is 73.9 Å². The number of carbonyl (C=O) groups is 2. The van der Waals surface area contributed by atoms with Crippen molar-refractivity contribution in [3.63, 3.8) is 0 Å². The first-order valence-electron chi connectivity index (χ1n) is 11.4. The molecule has 0 aliphatic rings. The summed E-state index contributed by atoms with van der Waals surface area (Å²) < 4.78 is 28.6. The van der Waals surface area contributed by atoms with E-state index < -0.39 is 28.5 Å². The van der Waals surface area contributed by atoms with E-state index in [2.05, 4.69) is 5.32 Å². The van der Waals surface area contributed by atoms with Crippen molar-refractivity contribution in [1.82, 2.24) is 10.2 Å². The van der Waals surface area contributed by atoms with Crippen molar-refractivity contribution in [3.8, 4) is 0 Å². The van der Waals surface area contributed by atoms with Crippen LogP contribution in [-0.4, -0.2) is 44.8 Å². The van der Waals surface area contributed by atoms with E-state index in [9.17, 15) is 18.0 Å². The number of nitrogens with one attached hydrogen (secondary N) is 1. The summed E-state index contributed by atoms with van der Waals surface area (Å²) >= 11 is 6.13. The fraction of sp³-hybridized carbons (Fsp3) is 0.259. The third-order valence-electron chi connectivity index (χ3n) is 5.76. The average molecular weight is 528 g/mol. The molecule has 0 aliphatic carbocycles. The van der Waals surface area contributed by atoms with Crippen LogP contribution in [0.4, 0.5) is 5.69 Å². The maximum Gasteiger partial charge on any atom is 0.264 e. The Morgan fingerprint density at radius 3 is 2.17 bits per heavy atom. The molecule has 0 aromatic heterocycles. The molecule has 36 heavy (non-hydrogen) atoms. The van der Waals surface area contributed by atoms with Crippen molar-refractivity contribution in [2.45, 2.75) is 38.3 Å². The van der Waals surface area contributed by atoms with Gasteiger partial charge in [-0.15, -0.1) is 0 Å². The minimum atomic E-state index is -4.08. The molecule has 0 unspecified atom stereocenters. The SMILES string of the molecule is CNC(=O)[C@@H](C)N(Cc1cccc(Cl)c1)C(=O)CN(c1cc(C)cc(C)c1)S(=O)(=O)c1ccccc1. The highest BCUT2D eigenvalue weighted by molar-refractivity contribution is 7.92. The Balaban J connectivity index is 2.06. The van der Waals surface area contributed by atoms with Gasteiger partial charge >= 0.3 is 0 Å². The van der Waals surface area contributed by atoms with Crippen LogP contribution in [0.25, 0.3) is 0 Å². The summed E-state index contributed by atoms with van der Waals surface area (Å²) in [5, 5.41) is 3.06. The number of nitrogens with zero attached hydrogens (tertiary/aromatic N) is 2. The van der Waals surface area contributed by atoms with Gasteiger partial charge in [0.25, 0.3) is 10.0 Å². The third kappa shape index (κ3) is 6.44. The summed E-state index contributed by atoms with van der Waals surface area (Å²) in [5.74, 6) is -0.890. The number of sulfonamides is 1. The van der Waals surface area contributed by atoms with Gasteiger partial charge in [0, 0.05) is 18.6 Å². The zero-order valence-corrected chi connectivity index (χ0v) is 22.3. The lowest BCUT2D eigenvalue weighted by Gasteiger charge is -2.32. The molecule has 3 aromatic carbocycles. The highest BCUT2D eigenvalue weighted by Crippen LogP contribution is 2.26. The Kier molecular flexibility index (Phi) is 8.76. The van der Waals surface area contributed by atoms with Crippen molar-refractivity contribution in [2.75, 3.05) is 17.9 Å². The van der Waals surface area contributed by atoms with Crippen LogP contribution in [0.3, 0.4) is 0 Å². The molecule has 190 valence electrons. The molecule has 1 N–H and O–H groups in total. The van der Waals surface area contributed by atoms with E-state index in [0.717, 1.165) is 21.0 Å². The number of halogens is 1. The van der Waals surface area contributed by atoms with Gasteiger partial charge in [0.2, 0.25) is 11.8 Å². The second-order valence-electron chi connectivity index (χ2n) is 8.61. The van der Waals surface area contributed by atoms with Gasteiger partial charge in [-0.3, -0.25) is 13.9 Å². The molecule has 0 saturated carbocycles. The van der Waals surface area contributed by atoms with E-state index in [1.54, 1.807) is 61.5 Å². The molecule has 9 heteroatoms. The van der Waals surface area contributed by atoms with Crippen LogP contribution >= 0.6 is 11.6 Å². The molecule has 3 rings (SSSR count). The lowest BCUT2D eigenvalue weighted by Crippen LogP contribution is -2.50. The molecule has 0 aliphatic heterocycles. The number of hydrogen-bond donors (Lipinski definition) is 1. The first-order chi connectivity index (χ1) is 17.0. The number of likely N-dealkylation sites (N-methyl/N-ethyl adjacent to an activating group) is 1. The van der Waals surface area contributed by atoms with E-state index in [1.165, 1.54) is 24.1 Å². The number of aryl methyl sites for hydroxylation is 2. The molecule has 7 nitrogen and oxygen atoms in total. The average Bonchev–Trinajstić information content (AvgIpc) is 2.84. The molecule has 2 amide bonds. The summed E-state index contributed by atoms with van der Waals surface area (Å²) in [7, 11) is -2.59. The topological polar surface area (TPSA) is 86.8 Å². The number of hydrogen-bond acceptors (Lipinski definition) is 4. The number of benzene rings is 3. The van der Waals surface area contributed by atoms with Crippen LogP contribution < -0.4 is 9.62 Å². The van der Waals surface area contributed by atoms with E-state index in [-0.39, 0.29) is 17.3 Å². The lowest BCUT2D eigenvalue weighted by atomic mass is 10.1. The van der Waals surface area contributed by atoms with Crippen molar-refractivity contribution in [2.24, 2.45) is 0 Å². The van der Waals surface area contributed by atoms with Crippen LogP contribution in [-0.2, 0) is 26.2 Å². The predicted octanol–water partition coefficient (Wildman–Crippen LogP) is 4.32. The molecule has 0 spiro atoms. The van der Waals surface area contributed by atoms with Gasteiger partial charge in [0.05, 0.1) is 10.6 Å². The van der Waals surface area contributed by atoms with E-state index >= 15 is 0 Å². The Bertz CT molecular complexity index is 1330. The van der Waals surface area contributed by atoms with Gasteiger partial charge in [0.1, 0.15) is 12.6 Å². The summed E-state index contributed by atoms with van der Waals surface area (Å²) in [5.41, 5.74) is 2.82. The normalized spacial score (nSPS) is 12.0. The molecule has 0 fully saturated rings. The second kappa shape index (κ2) is 11.6. The van der Waals surface area contributed by atoms with Crippen molar-refractivity contribution in [1.29, 1.82) is 0 Å². The molecular formula is C27H30ClN3O4S. The molecule has 0 heterocycles. The largest absolute Gasteiger partial charge is 0.357 e. The Morgan fingerprint density at radius 1 is 0.944 bits per heavy atom. The van der Waals surface area contributed by atoms with Crippen molar-refractivity contribution >= 4 is 39.1 Å². The van der Waals surface area contributed by atoms with Crippen LogP contribution in [0, 0.1) is 13.8 Å². The quantitative estimate of drug-likeness (QED) is 0.449. The number of amides is 2. The van der Waals surface area contributed by atoms with Crippen molar-refractivity contribution in [3.05, 3.63) is 94.5 Å². The molecule has 1 atom stereocenters. The second-order valence-corrected chi connectivity index (χ2v) is 10.9. The van der Waals surface area contributed by atoms with E-state index in [1.807, 2.05) is 19.9 Å². The maximum atomic E-state index is 13.7. The summed E-state index contributed by atoms with van der Waals surface area (Å²) in [6.45, 7) is 4.94. The lowest BCUT2D eigenvalue weighted by molar-refractivity contribution is -0.139. The van der Waals surface area contributed by atoms with Gasteiger partial charge < -0.3 is 10.2 Å². The summed E-state index contributed by atoms with van der Waals surface area (Å²) in [6.07, 6.45) is 0. The fourth-order valence-corrected chi connectivity index (χ4v) is 5.60. The van der Waals surface area contributed by atoms with Crippen molar-refractivity contribution < 1.29 is 18.0 Å². The number of anilines is 1.